The van der Waals surface area contributed by atoms with Crippen LogP contribution in [0.15, 0.2) is 46.9 Å². The number of amides is 1. The van der Waals surface area contributed by atoms with Gasteiger partial charge in [0.05, 0.1) is 19.6 Å². The normalized spacial score (nSPS) is 15.4. The maximum absolute atomic E-state index is 12.7. The lowest BCUT2D eigenvalue weighted by Gasteiger charge is -2.19. The molecule has 1 fully saturated rings. The van der Waals surface area contributed by atoms with Crippen LogP contribution >= 0.6 is 15.9 Å². The van der Waals surface area contributed by atoms with E-state index in [1.807, 2.05) is 24.3 Å². The van der Waals surface area contributed by atoms with E-state index in [4.69, 9.17) is 14.2 Å². The van der Waals surface area contributed by atoms with Crippen LogP contribution in [0.4, 0.5) is 0 Å². The number of aliphatic hydroxyl groups is 1. The Morgan fingerprint density at radius 1 is 1.14 bits per heavy atom. The van der Waals surface area contributed by atoms with Gasteiger partial charge in [0.2, 0.25) is 11.7 Å². The van der Waals surface area contributed by atoms with E-state index < -0.39 is 11.5 Å². The minimum Gasteiger partial charge on any atom is -0.493 e. The highest BCUT2D eigenvalue weighted by Crippen LogP contribution is 2.48. The topological polar surface area (TPSA) is 77.0 Å². The van der Waals surface area contributed by atoms with Crippen molar-refractivity contribution in [2.24, 2.45) is 0 Å². The van der Waals surface area contributed by atoms with E-state index in [-0.39, 0.29) is 19.1 Å². The number of aliphatic hydroxyl groups excluding tert-OH is 1. The van der Waals surface area contributed by atoms with Crippen molar-refractivity contribution in [3.8, 4) is 17.2 Å². The number of ether oxygens (including phenoxy) is 3. The minimum atomic E-state index is -0.862. The first-order chi connectivity index (χ1) is 13.5. The molecule has 1 saturated carbocycles. The first-order valence-corrected chi connectivity index (χ1v) is 9.85. The lowest BCUT2D eigenvalue weighted by Crippen LogP contribution is -2.40. The molecular weight excluding hydrogens is 426 g/mol. The molecule has 0 radical (unpaired) electrons. The summed E-state index contributed by atoms with van der Waals surface area (Å²) in [5, 5.41) is 13.1. The minimum absolute atomic E-state index is 0.00228. The molecule has 2 aromatic carbocycles. The average molecular weight is 450 g/mol. The molecule has 0 heterocycles. The van der Waals surface area contributed by atoms with Crippen LogP contribution in [0.5, 0.6) is 17.2 Å². The van der Waals surface area contributed by atoms with Crippen molar-refractivity contribution in [1.29, 1.82) is 0 Å². The zero-order valence-corrected chi connectivity index (χ0v) is 17.5. The summed E-state index contributed by atoms with van der Waals surface area (Å²) in [4.78, 5) is 12.7. The summed E-state index contributed by atoms with van der Waals surface area (Å²) >= 11 is 3.41. The van der Waals surface area contributed by atoms with Crippen molar-refractivity contribution in [2.45, 2.75) is 24.4 Å². The standard InChI is InChI=1S/C21H24BrNO5/c1-26-17-4-3-5-18(27-2)19(17)28-13-16(24)12-23-20(25)21(10-11-21)14-6-8-15(22)9-7-14/h3-9,16,24H,10-13H2,1-2H3,(H,23,25). The molecule has 0 bridgehead atoms. The lowest BCUT2D eigenvalue weighted by molar-refractivity contribution is -0.124. The van der Waals surface area contributed by atoms with Crippen LogP contribution in [-0.2, 0) is 10.2 Å². The Hall–Kier alpha value is -2.25. The van der Waals surface area contributed by atoms with E-state index in [1.54, 1.807) is 18.2 Å². The van der Waals surface area contributed by atoms with Gasteiger partial charge in [0.1, 0.15) is 12.7 Å². The van der Waals surface area contributed by atoms with Gasteiger partial charge in [0, 0.05) is 11.0 Å². The van der Waals surface area contributed by atoms with Crippen LogP contribution in [-0.4, -0.2) is 44.5 Å². The SMILES string of the molecule is COc1cccc(OC)c1OCC(O)CNC(=O)C1(c2ccc(Br)cc2)CC1. The monoisotopic (exact) mass is 449 g/mol. The molecule has 2 N–H and O–H groups in total. The van der Waals surface area contributed by atoms with Gasteiger partial charge in [-0.25, -0.2) is 0 Å². The van der Waals surface area contributed by atoms with Crippen LogP contribution in [0.2, 0.25) is 0 Å². The quantitative estimate of drug-likeness (QED) is 0.614. The van der Waals surface area contributed by atoms with Crippen LogP contribution in [0, 0.1) is 0 Å². The van der Waals surface area contributed by atoms with Gasteiger partial charge < -0.3 is 24.6 Å². The van der Waals surface area contributed by atoms with Crippen molar-refractivity contribution in [3.63, 3.8) is 0 Å². The Bertz CT molecular complexity index is 798. The summed E-state index contributed by atoms with van der Waals surface area (Å²) in [7, 11) is 3.07. The van der Waals surface area contributed by atoms with Gasteiger partial charge in [0.15, 0.2) is 11.5 Å². The lowest BCUT2D eigenvalue weighted by atomic mass is 9.95. The first-order valence-electron chi connectivity index (χ1n) is 9.06. The first kappa shape index (κ1) is 20.5. The molecule has 0 aromatic heterocycles. The van der Waals surface area contributed by atoms with Crippen molar-refractivity contribution in [1.82, 2.24) is 5.32 Å². The van der Waals surface area contributed by atoms with Crippen molar-refractivity contribution >= 4 is 21.8 Å². The molecule has 1 aliphatic carbocycles. The molecule has 150 valence electrons. The molecule has 28 heavy (non-hydrogen) atoms. The molecule has 7 heteroatoms. The second-order valence-corrected chi connectivity index (χ2v) is 7.67. The molecule has 1 aliphatic rings. The second kappa shape index (κ2) is 8.84. The summed E-state index contributed by atoms with van der Waals surface area (Å²) in [6.45, 7) is 0.108. The van der Waals surface area contributed by atoms with Crippen LogP contribution < -0.4 is 19.5 Å². The largest absolute Gasteiger partial charge is 0.493 e. The molecular formula is C21H24BrNO5. The molecule has 3 rings (SSSR count). The van der Waals surface area contributed by atoms with Crippen LogP contribution in [0.3, 0.4) is 0 Å². The molecule has 0 aliphatic heterocycles. The number of rotatable bonds is 9. The fourth-order valence-corrected chi connectivity index (χ4v) is 3.38. The Morgan fingerprint density at radius 3 is 2.29 bits per heavy atom. The summed E-state index contributed by atoms with van der Waals surface area (Å²) in [5.74, 6) is 1.39. The van der Waals surface area contributed by atoms with Gasteiger partial charge in [0.25, 0.3) is 0 Å². The van der Waals surface area contributed by atoms with E-state index in [2.05, 4.69) is 21.2 Å². The highest BCUT2D eigenvalue weighted by atomic mass is 79.9. The Labute approximate surface area is 172 Å². The third-order valence-corrected chi connectivity index (χ3v) is 5.41. The van der Waals surface area contributed by atoms with Crippen LogP contribution in [0.1, 0.15) is 18.4 Å². The Kier molecular flexibility index (Phi) is 6.46. The van der Waals surface area contributed by atoms with Crippen molar-refractivity contribution in [3.05, 3.63) is 52.5 Å². The van der Waals surface area contributed by atoms with Gasteiger partial charge >= 0.3 is 0 Å². The predicted octanol–water partition coefficient (Wildman–Crippen LogP) is 3.05. The average Bonchev–Trinajstić information content (AvgIpc) is 3.52. The molecule has 1 unspecified atom stereocenters. The smallest absolute Gasteiger partial charge is 0.230 e. The number of benzene rings is 2. The molecule has 1 amide bonds. The van der Waals surface area contributed by atoms with Crippen LogP contribution in [0.25, 0.3) is 0 Å². The third kappa shape index (κ3) is 4.42. The van der Waals surface area contributed by atoms with Gasteiger partial charge in [-0.1, -0.05) is 34.1 Å². The van der Waals surface area contributed by atoms with E-state index >= 15 is 0 Å². The van der Waals surface area contributed by atoms with Gasteiger partial charge in [-0.15, -0.1) is 0 Å². The highest BCUT2D eigenvalue weighted by molar-refractivity contribution is 9.10. The number of nitrogens with one attached hydrogen (secondary N) is 1. The Morgan fingerprint density at radius 2 is 1.75 bits per heavy atom. The molecule has 0 saturated heterocycles. The maximum Gasteiger partial charge on any atom is 0.230 e. The number of para-hydroxylation sites is 1. The fraction of sp³-hybridized carbons (Fsp3) is 0.381. The third-order valence-electron chi connectivity index (χ3n) is 4.88. The maximum atomic E-state index is 12.7. The summed E-state index contributed by atoms with van der Waals surface area (Å²) in [6.07, 6.45) is 0.760. The summed E-state index contributed by atoms with van der Waals surface area (Å²) in [6, 6.07) is 13.1. The number of halogens is 1. The zero-order chi connectivity index (χ0) is 20.1. The predicted molar refractivity (Wildman–Crippen MR) is 109 cm³/mol. The second-order valence-electron chi connectivity index (χ2n) is 6.76. The van der Waals surface area contributed by atoms with Gasteiger partial charge in [-0.3, -0.25) is 4.79 Å². The fourth-order valence-electron chi connectivity index (χ4n) is 3.12. The van der Waals surface area contributed by atoms with E-state index in [9.17, 15) is 9.90 Å². The number of carbonyl (C=O) groups is 1. The highest BCUT2D eigenvalue weighted by Gasteiger charge is 2.51. The van der Waals surface area contributed by atoms with E-state index in [1.165, 1.54) is 14.2 Å². The number of methoxy groups -OCH3 is 2. The van der Waals surface area contributed by atoms with Gasteiger partial charge in [-0.2, -0.15) is 0 Å². The van der Waals surface area contributed by atoms with Gasteiger partial charge in [-0.05, 0) is 42.7 Å². The Balaban J connectivity index is 1.54. The van der Waals surface area contributed by atoms with E-state index in [0.29, 0.717) is 17.2 Å². The number of hydrogen-bond donors (Lipinski definition) is 2. The molecule has 1 atom stereocenters. The van der Waals surface area contributed by atoms with E-state index in [0.717, 1.165) is 22.9 Å². The van der Waals surface area contributed by atoms with Crippen molar-refractivity contribution in [2.75, 3.05) is 27.4 Å². The summed E-state index contributed by atoms with van der Waals surface area (Å²) < 4.78 is 17.2. The molecule has 6 nitrogen and oxygen atoms in total. The number of hydrogen-bond acceptors (Lipinski definition) is 5. The van der Waals surface area contributed by atoms with Crippen molar-refractivity contribution < 1.29 is 24.1 Å². The molecule has 0 spiro atoms. The molecule has 2 aromatic rings. The summed E-state index contributed by atoms with van der Waals surface area (Å²) in [5.41, 5.74) is 0.519. The number of carbonyl (C=O) groups excluding carboxylic acids is 1. The zero-order valence-electron chi connectivity index (χ0n) is 15.9.